The van der Waals surface area contributed by atoms with Gasteiger partial charge in [-0.2, -0.15) is 0 Å². The lowest BCUT2D eigenvalue weighted by Gasteiger charge is -2.08. The number of hydrogen-bond donors (Lipinski definition) is 1. The Morgan fingerprint density at radius 1 is 1.14 bits per heavy atom. The average Bonchev–Trinajstić information content (AvgIpc) is 2.47. The summed E-state index contributed by atoms with van der Waals surface area (Å²) in [4.78, 5) is 23.5. The first-order valence-electron chi connectivity index (χ1n) is 6.49. The van der Waals surface area contributed by atoms with Gasteiger partial charge in [0.15, 0.2) is 0 Å². The van der Waals surface area contributed by atoms with Gasteiger partial charge in [0, 0.05) is 10.8 Å². The van der Waals surface area contributed by atoms with Crippen LogP contribution in [0.5, 0.6) is 5.75 Å². The second-order valence-electron chi connectivity index (χ2n) is 4.80. The molecule has 1 aromatic heterocycles. The molecule has 0 aliphatic heterocycles. The second-order valence-corrected chi connectivity index (χ2v) is 4.80. The summed E-state index contributed by atoms with van der Waals surface area (Å²) in [5.41, 5.74) is 5.50. The Balaban J connectivity index is 2.18. The first kappa shape index (κ1) is 13.3. The Morgan fingerprint density at radius 2 is 1.90 bits per heavy atom. The maximum absolute atomic E-state index is 12.0. The molecule has 1 atom stereocenters. The van der Waals surface area contributed by atoms with E-state index in [1.807, 2.05) is 12.1 Å². The quantitative estimate of drug-likeness (QED) is 0.337. The molecular formula is C16H13NO4. The van der Waals surface area contributed by atoms with Crippen molar-refractivity contribution in [2.75, 3.05) is 0 Å². The van der Waals surface area contributed by atoms with E-state index in [4.69, 9.17) is 14.9 Å². The first-order valence-corrected chi connectivity index (χ1v) is 6.49. The normalized spacial score (nSPS) is 12.5. The number of hydrogen-bond acceptors (Lipinski definition) is 5. The fraction of sp³-hybridized carbons (Fsp3) is 0.125. The highest BCUT2D eigenvalue weighted by atomic mass is 16.5. The molecule has 0 aliphatic rings. The lowest BCUT2D eigenvalue weighted by Crippen LogP contribution is -2.30. The van der Waals surface area contributed by atoms with E-state index in [1.54, 1.807) is 24.3 Å². The Kier molecular flexibility index (Phi) is 3.19. The minimum Gasteiger partial charge on any atom is -0.425 e. The van der Waals surface area contributed by atoms with Crippen molar-refractivity contribution in [3.8, 4) is 5.75 Å². The standard InChI is InChI=1S/C16H13NO4/c1-9(17)15(18)20-10-6-7-11-12-4-2-3-5-14(12)21-16(19)13(11)8-10/h2-9H,17H2,1H3/t9-/m1/s1. The number of benzene rings is 2. The number of esters is 1. The molecule has 3 rings (SSSR count). The molecule has 0 bridgehead atoms. The number of rotatable bonds is 2. The van der Waals surface area contributed by atoms with Crippen LogP contribution in [0.4, 0.5) is 0 Å². The van der Waals surface area contributed by atoms with Gasteiger partial charge in [-0.3, -0.25) is 0 Å². The third-order valence-corrected chi connectivity index (χ3v) is 3.18. The van der Waals surface area contributed by atoms with Crippen LogP contribution in [0.15, 0.2) is 51.7 Å². The number of carbonyl (C=O) groups excluding carboxylic acids is 1. The molecule has 0 aliphatic carbocycles. The van der Waals surface area contributed by atoms with Gasteiger partial charge in [0.05, 0.1) is 5.39 Å². The summed E-state index contributed by atoms with van der Waals surface area (Å²) < 4.78 is 10.4. The molecule has 0 saturated heterocycles. The molecule has 106 valence electrons. The summed E-state index contributed by atoms with van der Waals surface area (Å²) in [7, 11) is 0. The predicted molar refractivity (Wildman–Crippen MR) is 79.3 cm³/mol. The van der Waals surface area contributed by atoms with Gasteiger partial charge >= 0.3 is 11.6 Å². The molecule has 3 aromatic rings. The van der Waals surface area contributed by atoms with Crippen molar-refractivity contribution in [1.82, 2.24) is 0 Å². The molecule has 21 heavy (non-hydrogen) atoms. The van der Waals surface area contributed by atoms with Crippen LogP contribution in [0.1, 0.15) is 6.92 Å². The molecule has 2 aromatic carbocycles. The van der Waals surface area contributed by atoms with Crippen LogP contribution in [0.3, 0.4) is 0 Å². The lowest BCUT2D eigenvalue weighted by atomic mass is 10.1. The molecule has 5 heteroatoms. The zero-order valence-corrected chi connectivity index (χ0v) is 11.3. The highest BCUT2D eigenvalue weighted by Crippen LogP contribution is 2.25. The summed E-state index contributed by atoms with van der Waals surface area (Å²) in [6.07, 6.45) is 0. The maximum Gasteiger partial charge on any atom is 0.344 e. The Morgan fingerprint density at radius 3 is 2.67 bits per heavy atom. The summed E-state index contributed by atoms with van der Waals surface area (Å²) in [5.74, 6) is -0.285. The van der Waals surface area contributed by atoms with Crippen LogP contribution >= 0.6 is 0 Å². The lowest BCUT2D eigenvalue weighted by molar-refractivity contribution is -0.135. The minimum atomic E-state index is -0.728. The van der Waals surface area contributed by atoms with Crippen molar-refractivity contribution in [2.24, 2.45) is 5.73 Å². The van der Waals surface area contributed by atoms with E-state index in [-0.39, 0.29) is 5.75 Å². The number of ether oxygens (including phenoxy) is 1. The average molecular weight is 283 g/mol. The number of para-hydroxylation sites is 1. The summed E-state index contributed by atoms with van der Waals surface area (Å²) in [6.45, 7) is 1.53. The molecule has 0 fully saturated rings. The smallest absolute Gasteiger partial charge is 0.344 e. The van der Waals surface area contributed by atoms with Gasteiger partial charge in [0.2, 0.25) is 0 Å². The number of fused-ring (bicyclic) bond motifs is 3. The molecule has 1 heterocycles. The molecule has 0 saturated carbocycles. The maximum atomic E-state index is 12.0. The van der Waals surface area contributed by atoms with E-state index in [2.05, 4.69) is 0 Å². The fourth-order valence-corrected chi connectivity index (χ4v) is 2.13. The largest absolute Gasteiger partial charge is 0.425 e. The minimum absolute atomic E-state index is 0.271. The van der Waals surface area contributed by atoms with Gasteiger partial charge < -0.3 is 14.9 Å². The molecule has 0 radical (unpaired) electrons. The number of carbonyl (C=O) groups is 1. The summed E-state index contributed by atoms with van der Waals surface area (Å²) in [5, 5.41) is 1.95. The predicted octanol–water partition coefficient (Wildman–Crippen LogP) is 2.20. The Bertz CT molecular complexity index is 896. The van der Waals surface area contributed by atoms with Crippen LogP contribution in [0.2, 0.25) is 0 Å². The van der Waals surface area contributed by atoms with Crippen LogP contribution in [-0.4, -0.2) is 12.0 Å². The molecular weight excluding hydrogens is 270 g/mol. The van der Waals surface area contributed by atoms with Crippen molar-refractivity contribution in [2.45, 2.75) is 13.0 Å². The molecule has 5 nitrogen and oxygen atoms in total. The fourth-order valence-electron chi connectivity index (χ4n) is 2.13. The van der Waals surface area contributed by atoms with Crippen LogP contribution in [0.25, 0.3) is 21.7 Å². The zero-order valence-electron chi connectivity index (χ0n) is 11.3. The Hall–Kier alpha value is -2.66. The van der Waals surface area contributed by atoms with Crippen molar-refractivity contribution < 1.29 is 13.9 Å². The van der Waals surface area contributed by atoms with Crippen LogP contribution < -0.4 is 16.1 Å². The van der Waals surface area contributed by atoms with Gasteiger partial charge in [-0.25, -0.2) is 9.59 Å². The summed E-state index contributed by atoms with van der Waals surface area (Å²) >= 11 is 0. The molecule has 0 amide bonds. The van der Waals surface area contributed by atoms with Gasteiger partial charge in [0.25, 0.3) is 0 Å². The SMILES string of the molecule is C[C@@H](N)C(=O)Oc1ccc2c(c1)c(=O)oc1ccccc12. The van der Waals surface area contributed by atoms with Crippen molar-refractivity contribution >= 4 is 27.7 Å². The van der Waals surface area contributed by atoms with E-state index >= 15 is 0 Å². The van der Waals surface area contributed by atoms with Crippen molar-refractivity contribution in [1.29, 1.82) is 0 Å². The molecule has 0 unspecified atom stereocenters. The zero-order chi connectivity index (χ0) is 15.0. The first-order chi connectivity index (χ1) is 10.1. The van der Waals surface area contributed by atoms with Gasteiger partial charge in [-0.1, -0.05) is 18.2 Å². The topological polar surface area (TPSA) is 82.5 Å². The van der Waals surface area contributed by atoms with Crippen molar-refractivity contribution in [3.63, 3.8) is 0 Å². The van der Waals surface area contributed by atoms with Gasteiger partial charge in [-0.15, -0.1) is 0 Å². The van der Waals surface area contributed by atoms with Gasteiger partial charge in [-0.05, 0) is 31.2 Å². The van der Waals surface area contributed by atoms with E-state index < -0.39 is 17.6 Å². The second kappa shape index (κ2) is 5.03. The molecule has 2 N–H and O–H groups in total. The van der Waals surface area contributed by atoms with Gasteiger partial charge in [0.1, 0.15) is 17.4 Å². The third-order valence-electron chi connectivity index (χ3n) is 3.18. The highest BCUT2D eigenvalue weighted by Gasteiger charge is 2.12. The van der Waals surface area contributed by atoms with Crippen molar-refractivity contribution in [3.05, 3.63) is 52.9 Å². The van der Waals surface area contributed by atoms with Crippen LogP contribution in [0, 0.1) is 0 Å². The monoisotopic (exact) mass is 283 g/mol. The third kappa shape index (κ3) is 2.39. The number of nitrogens with two attached hydrogens (primary N) is 1. The van der Waals surface area contributed by atoms with E-state index in [1.165, 1.54) is 13.0 Å². The van der Waals surface area contributed by atoms with E-state index in [9.17, 15) is 9.59 Å². The van der Waals surface area contributed by atoms with Crippen LogP contribution in [-0.2, 0) is 4.79 Å². The summed E-state index contributed by atoms with van der Waals surface area (Å²) in [6, 6.07) is 11.4. The van der Waals surface area contributed by atoms with E-state index in [0.717, 1.165) is 10.8 Å². The highest BCUT2D eigenvalue weighted by molar-refractivity contribution is 6.04. The van der Waals surface area contributed by atoms with E-state index in [0.29, 0.717) is 11.0 Å². The molecule has 0 spiro atoms. The Labute approximate surface area is 119 Å².